The molecule has 0 saturated heterocycles. The van der Waals surface area contributed by atoms with E-state index in [2.05, 4.69) is 28.6 Å². The first-order valence-electron chi connectivity index (χ1n) is 10.4. The van der Waals surface area contributed by atoms with Crippen LogP contribution in [0.5, 0.6) is 0 Å². The van der Waals surface area contributed by atoms with E-state index in [1.54, 1.807) is 23.6 Å². The van der Waals surface area contributed by atoms with Crippen molar-refractivity contribution in [2.24, 2.45) is 7.05 Å². The third-order valence-electron chi connectivity index (χ3n) is 5.99. The van der Waals surface area contributed by atoms with Crippen molar-refractivity contribution in [2.75, 3.05) is 0 Å². The maximum absolute atomic E-state index is 13.4. The lowest BCUT2D eigenvalue weighted by Gasteiger charge is -2.16. The summed E-state index contributed by atoms with van der Waals surface area (Å²) in [7, 11) is 1.61. The Morgan fingerprint density at radius 2 is 1.72 bits per heavy atom. The Balaban J connectivity index is 1.74. The molecule has 0 aliphatic carbocycles. The molecular weight excluding hydrogens is 409 g/mol. The molecule has 0 amide bonds. The van der Waals surface area contributed by atoms with Crippen LogP contribution in [0.15, 0.2) is 70.4 Å². The summed E-state index contributed by atoms with van der Waals surface area (Å²) < 4.78 is 19.6. The Hall–Kier alpha value is -3.94. The molecule has 0 radical (unpaired) electrons. The molecular formula is C24H22FN5O2. The largest absolute Gasteiger partial charge is 0.332 e. The molecule has 162 valence electrons. The molecule has 1 unspecified atom stereocenters. The van der Waals surface area contributed by atoms with E-state index in [4.69, 9.17) is 0 Å². The first-order chi connectivity index (χ1) is 15.4. The zero-order chi connectivity index (χ0) is 22.6. The average molecular weight is 431 g/mol. The van der Waals surface area contributed by atoms with Gasteiger partial charge in [0.1, 0.15) is 5.82 Å². The van der Waals surface area contributed by atoms with Crippen LogP contribution in [0.3, 0.4) is 0 Å². The Morgan fingerprint density at radius 1 is 1.03 bits per heavy atom. The van der Waals surface area contributed by atoms with Crippen LogP contribution in [-0.4, -0.2) is 23.1 Å². The van der Waals surface area contributed by atoms with E-state index in [9.17, 15) is 14.0 Å². The SMILES string of the molecule is Cc1cn2c3c(=O)n(Cc4ccc(F)cc4)c(=O)n(C)c3nc2n1C(C)c1ccccc1. The highest BCUT2D eigenvalue weighted by atomic mass is 19.1. The molecule has 0 spiro atoms. The average Bonchev–Trinajstić information content (AvgIpc) is 3.31. The summed E-state index contributed by atoms with van der Waals surface area (Å²) in [6.45, 7) is 4.10. The van der Waals surface area contributed by atoms with E-state index in [0.29, 0.717) is 22.5 Å². The second kappa shape index (κ2) is 7.33. The molecule has 0 aliphatic heterocycles. The number of aryl methyl sites for hydroxylation is 2. The van der Waals surface area contributed by atoms with Crippen molar-refractivity contribution in [1.82, 2.24) is 23.1 Å². The third kappa shape index (κ3) is 2.98. The second-order valence-corrected chi connectivity index (χ2v) is 8.04. The Morgan fingerprint density at radius 3 is 2.41 bits per heavy atom. The van der Waals surface area contributed by atoms with E-state index in [0.717, 1.165) is 15.8 Å². The van der Waals surface area contributed by atoms with Crippen molar-refractivity contribution >= 4 is 16.9 Å². The zero-order valence-corrected chi connectivity index (χ0v) is 18.0. The second-order valence-electron chi connectivity index (χ2n) is 8.04. The van der Waals surface area contributed by atoms with Crippen LogP contribution in [0.25, 0.3) is 16.9 Å². The van der Waals surface area contributed by atoms with Crippen molar-refractivity contribution in [3.63, 3.8) is 0 Å². The summed E-state index contributed by atoms with van der Waals surface area (Å²) in [6.07, 6.45) is 1.87. The van der Waals surface area contributed by atoms with E-state index < -0.39 is 11.2 Å². The van der Waals surface area contributed by atoms with Gasteiger partial charge in [-0.15, -0.1) is 0 Å². The number of fused-ring (bicyclic) bond motifs is 3. The minimum absolute atomic E-state index is 0.0102. The van der Waals surface area contributed by atoms with Gasteiger partial charge in [0.25, 0.3) is 5.56 Å². The van der Waals surface area contributed by atoms with Crippen molar-refractivity contribution in [1.29, 1.82) is 0 Å². The summed E-state index contributed by atoms with van der Waals surface area (Å²) in [5.74, 6) is 0.229. The Bertz CT molecular complexity index is 1570. The van der Waals surface area contributed by atoms with Crippen molar-refractivity contribution in [2.45, 2.75) is 26.4 Å². The molecule has 7 nitrogen and oxygen atoms in total. The highest BCUT2D eigenvalue weighted by Gasteiger charge is 2.22. The van der Waals surface area contributed by atoms with E-state index in [1.807, 2.05) is 31.3 Å². The monoisotopic (exact) mass is 431 g/mol. The summed E-state index contributed by atoms with van der Waals surface area (Å²) >= 11 is 0. The van der Waals surface area contributed by atoms with Crippen molar-refractivity contribution in [3.05, 3.63) is 104 Å². The van der Waals surface area contributed by atoms with E-state index in [1.165, 1.54) is 16.7 Å². The van der Waals surface area contributed by atoms with Gasteiger partial charge in [0.2, 0.25) is 5.78 Å². The maximum atomic E-state index is 13.4. The van der Waals surface area contributed by atoms with Crippen LogP contribution >= 0.6 is 0 Å². The highest BCUT2D eigenvalue weighted by molar-refractivity contribution is 5.75. The Kier molecular flexibility index (Phi) is 4.58. The lowest BCUT2D eigenvalue weighted by Crippen LogP contribution is -2.39. The minimum Gasteiger partial charge on any atom is -0.307 e. The minimum atomic E-state index is -0.466. The van der Waals surface area contributed by atoms with Crippen LogP contribution in [0.4, 0.5) is 4.39 Å². The fraction of sp³-hybridized carbons (Fsp3) is 0.208. The summed E-state index contributed by atoms with van der Waals surface area (Å²) in [6, 6.07) is 15.8. The normalized spacial score (nSPS) is 12.6. The lowest BCUT2D eigenvalue weighted by atomic mass is 10.1. The van der Waals surface area contributed by atoms with Gasteiger partial charge >= 0.3 is 5.69 Å². The van der Waals surface area contributed by atoms with Gasteiger partial charge in [0.15, 0.2) is 11.2 Å². The van der Waals surface area contributed by atoms with Crippen LogP contribution in [-0.2, 0) is 13.6 Å². The quantitative estimate of drug-likeness (QED) is 0.439. The number of halogens is 1. The summed E-state index contributed by atoms with van der Waals surface area (Å²) in [5, 5.41) is 0. The molecule has 0 aliphatic rings. The lowest BCUT2D eigenvalue weighted by molar-refractivity contribution is 0.623. The zero-order valence-electron chi connectivity index (χ0n) is 18.0. The Labute approximate surface area is 182 Å². The number of hydrogen-bond acceptors (Lipinski definition) is 3. The first-order valence-corrected chi connectivity index (χ1v) is 10.4. The predicted molar refractivity (Wildman–Crippen MR) is 121 cm³/mol. The van der Waals surface area contributed by atoms with Crippen molar-refractivity contribution < 1.29 is 4.39 Å². The molecule has 2 aromatic carbocycles. The van der Waals surface area contributed by atoms with Gasteiger partial charge in [-0.1, -0.05) is 42.5 Å². The van der Waals surface area contributed by atoms with Crippen LogP contribution < -0.4 is 11.2 Å². The molecule has 5 rings (SSSR count). The number of benzene rings is 2. The molecule has 3 heterocycles. The van der Waals surface area contributed by atoms with E-state index >= 15 is 0 Å². The smallest absolute Gasteiger partial charge is 0.307 e. The molecule has 8 heteroatoms. The molecule has 5 aromatic rings. The highest BCUT2D eigenvalue weighted by Crippen LogP contribution is 2.25. The van der Waals surface area contributed by atoms with Crippen LogP contribution in [0, 0.1) is 12.7 Å². The van der Waals surface area contributed by atoms with Gasteiger partial charge in [-0.2, -0.15) is 4.98 Å². The topological polar surface area (TPSA) is 66.2 Å². The molecule has 3 aromatic heterocycles. The van der Waals surface area contributed by atoms with Gasteiger partial charge in [0.05, 0.1) is 12.6 Å². The number of hydrogen-bond donors (Lipinski definition) is 0. The first kappa shape index (κ1) is 20.0. The molecule has 0 saturated carbocycles. The molecule has 0 bridgehead atoms. The van der Waals surface area contributed by atoms with Crippen LogP contribution in [0.1, 0.15) is 29.8 Å². The molecule has 1 atom stereocenters. The van der Waals surface area contributed by atoms with Crippen LogP contribution in [0.2, 0.25) is 0 Å². The number of aromatic nitrogens is 5. The number of rotatable bonds is 4. The van der Waals surface area contributed by atoms with Gasteiger partial charge in [0, 0.05) is 18.9 Å². The summed E-state index contributed by atoms with van der Waals surface area (Å²) in [4.78, 5) is 31.1. The maximum Gasteiger partial charge on any atom is 0.332 e. The predicted octanol–water partition coefficient (Wildman–Crippen LogP) is 3.25. The number of nitrogens with zero attached hydrogens (tertiary/aromatic N) is 5. The van der Waals surface area contributed by atoms with Gasteiger partial charge in [-0.05, 0) is 37.1 Å². The van der Waals surface area contributed by atoms with E-state index in [-0.39, 0.29) is 18.4 Å². The third-order valence-corrected chi connectivity index (χ3v) is 5.99. The standard InChI is InChI=1S/C24H22FN5O2/c1-15-13-28-20-21(26-23(28)30(15)16(2)18-7-5-4-6-8-18)27(3)24(32)29(22(20)31)14-17-9-11-19(25)12-10-17/h4-13,16H,14H2,1-3H3. The number of imidazole rings is 2. The fourth-order valence-corrected chi connectivity index (χ4v) is 4.30. The van der Waals surface area contributed by atoms with Gasteiger partial charge in [-0.3, -0.25) is 18.3 Å². The molecule has 32 heavy (non-hydrogen) atoms. The fourth-order valence-electron chi connectivity index (χ4n) is 4.30. The van der Waals surface area contributed by atoms with Gasteiger partial charge in [-0.25, -0.2) is 9.18 Å². The van der Waals surface area contributed by atoms with Crippen molar-refractivity contribution in [3.8, 4) is 0 Å². The summed E-state index contributed by atoms with van der Waals surface area (Å²) in [5.41, 5.74) is 2.51. The van der Waals surface area contributed by atoms with Gasteiger partial charge < -0.3 is 4.57 Å². The molecule has 0 fully saturated rings. The molecule has 0 N–H and O–H groups in total.